The fraction of sp³-hybridized carbons (Fsp3) is 0.647. The van der Waals surface area contributed by atoms with Gasteiger partial charge < -0.3 is 10.5 Å². The molecule has 1 saturated heterocycles. The molecule has 2 fully saturated rings. The van der Waals surface area contributed by atoms with E-state index in [9.17, 15) is 0 Å². The Hall–Kier alpha value is -1.06. The van der Waals surface area contributed by atoms with E-state index in [4.69, 9.17) is 10.5 Å². The highest BCUT2D eigenvalue weighted by Gasteiger charge is 2.23. The number of hydrogen-bond acceptors (Lipinski definition) is 3. The van der Waals surface area contributed by atoms with Crippen LogP contribution in [-0.2, 0) is 6.54 Å². The maximum absolute atomic E-state index is 6.22. The van der Waals surface area contributed by atoms with Crippen LogP contribution in [0, 0.1) is 5.92 Å². The van der Waals surface area contributed by atoms with Crippen molar-refractivity contribution in [1.82, 2.24) is 4.90 Å². The Kier molecular flexibility index (Phi) is 4.58. The van der Waals surface area contributed by atoms with Gasteiger partial charge in [0.2, 0.25) is 0 Å². The molecule has 2 aliphatic rings. The molecule has 0 radical (unpaired) electrons. The molecule has 3 nitrogen and oxygen atoms in total. The molecule has 1 aliphatic carbocycles. The summed E-state index contributed by atoms with van der Waals surface area (Å²) in [6.45, 7) is 4.12. The number of benzene rings is 1. The average Bonchev–Trinajstić information content (AvgIpc) is 3.12. The SMILES string of the molecule is NC[C@H]1CCN(Cc2ccccc2OC2CCCC2)C1. The van der Waals surface area contributed by atoms with Gasteiger partial charge in [-0.1, -0.05) is 18.2 Å². The van der Waals surface area contributed by atoms with E-state index in [0.717, 1.165) is 25.4 Å². The highest BCUT2D eigenvalue weighted by Crippen LogP contribution is 2.28. The fourth-order valence-corrected chi connectivity index (χ4v) is 3.42. The van der Waals surface area contributed by atoms with Crippen molar-refractivity contribution in [2.75, 3.05) is 19.6 Å². The first kappa shape index (κ1) is 13.9. The first-order valence-corrected chi connectivity index (χ1v) is 8.02. The van der Waals surface area contributed by atoms with Gasteiger partial charge in [-0.2, -0.15) is 0 Å². The maximum atomic E-state index is 6.22. The number of nitrogens with two attached hydrogens (primary N) is 1. The summed E-state index contributed by atoms with van der Waals surface area (Å²) < 4.78 is 6.22. The summed E-state index contributed by atoms with van der Waals surface area (Å²) in [5.74, 6) is 1.77. The third-order valence-electron chi connectivity index (χ3n) is 4.67. The molecule has 1 atom stereocenters. The molecular formula is C17H26N2O. The molecule has 0 amide bonds. The number of nitrogens with zero attached hydrogens (tertiary/aromatic N) is 1. The van der Waals surface area contributed by atoms with Crippen LogP contribution in [0.25, 0.3) is 0 Å². The molecule has 1 saturated carbocycles. The number of rotatable bonds is 5. The average molecular weight is 274 g/mol. The summed E-state index contributed by atoms with van der Waals surface area (Å²) in [4.78, 5) is 2.51. The molecule has 2 N–H and O–H groups in total. The van der Waals surface area contributed by atoms with Gasteiger partial charge in [-0.15, -0.1) is 0 Å². The third kappa shape index (κ3) is 3.33. The molecule has 1 aromatic rings. The van der Waals surface area contributed by atoms with Gasteiger partial charge in [-0.25, -0.2) is 0 Å². The Balaban J connectivity index is 1.63. The molecule has 0 bridgehead atoms. The van der Waals surface area contributed by atoms with Gasteiger partial charge in [0.05, 0.1) is 6.10 Å². The van der Waals surface area contributed by atoms with Crippen molar-refractivity contribution in [2.45, 2.75) is 44.8 Å². The van der Waals surface area contributed by atoms with Gasteiger partial charge in [0, 0.05) is 18.7 Å². The van der Waals surface area contributed by atoms with Gasteiger partial charge in [0.1, 0.15) is 5.75 Å². The van der Waals surface area contributed by atoms with Gasteiger partial charge in [-0.3, -0.25) is 4.90 Å². The lowest BCUT2D eigenvalue weighted by Crippen LogP contribution is -2.23. The maximum Gasteiger partial charge on any atom is 0.124 e. The predicted molar refractivity (Wildman–Crippen MR) is 81.8 cm³/mol. The van der Waals surface area contributed by atoms with E-state index in [-0.39, 0.29) is 0 Å². The first-order valence-electron chi connectivity index (χ1n) is 8.02. The van der Waals surface area contributed by atoms with Crippen LogP contribution in [-0.4, -0.2) is 30.6 Å². The highest BCUT2D eigenvalue weighted by molar-refractivity contribution is 5.33. The van der Waals surface area contributed by atoms with Crippen molar-refractivity contribution in [3.8, 4) is 5.75 Å². The summed E-state index contributed by atoms with van der Waals surface area (Å²) in [5, 5.41) is 0. The van der Waals surface area contributed by atoms with Gasteiger partial charge in [-0.05, 0) is 57.2 Å². The second-order valence-corrected chi connectivity index (χ2v) is 6.26. The van der Waals surface area contributed by atoms with Crippen LogP contribution in [0.15, 0.2) is 24.3 Å². The Labute approximate surface area is 122 Å². The molecule has 3 rings (SSSR count). The molecule has 0 spiro atoms. The number of likely N-dealkylation sites (tertiary alicyclic amines) is 1. The molecule has 0 unspecified atom stereocenters. The summed E-state index contributed by atoms with van der Waals surface area (Å²) in [7, 11) is 0. The second kappa shape index (κ2) is 6.59. The van der Waals surface area contributed by atoms with Crippen LogP contribution >= 0.6 is 0 Å². The summed E-state index contributed by atoms with van der Waals surface area (Å²) in [5.41, 5.74) is 7.11. The highest BCUT2D eigenvalue weighted by atomic mass is 16.5. The minimum Gasteiger partial charge on any atom is -0.490 e. The lowest BCUT2D eigenvalue weighted by atomic mass is 10.1. The second-order valence-electron chi connectivity index (χ2n) is 6.26. The van der Waals surface area contributed by atoms with Crippen molar-refractivity contribution < 1.29 is 4.74 Å². The van der Waals surface area contributed by atoms with Crippen molar-refractivity contribution in [1.29, 1.82) is 0 Å². The summed E-state index contributed by atoms with van der Waals surface area (Å²) >= 11 is 0. The van der Waals surface area contributed by atoms with Crippen LogP contribution < -0.4 is 10.5 Å². The zero-order valence-electron chi connectivity index (χ0n) is 12.3. The predicted octanol–water partition coefficient (Wildman–Crippen LogP) is 2.79. The molecule has 1 heterocycles. The topological polar surface area (TPSA) is 38.5 Å². The molecule has 110 valence electrons. The summed E-state index contributed by atoms with van der Waals surface area (Å²) in [6.07, 6.45) is 6.74. The summed E-state index contributed by atoms with van der Waals surface area (Å²) in [6, 6.07) is 8.54. The largest absolute Gasteiger partial charge is 0.490 e. The van der Waals surface area contributed by atoms with E-state index < -0.39 is 0 Å². The van der Waals surface area contributed by atoms with E-state index in [1.807, 2.05) is 0 Å². The Morgan fingerprint density at radius 3 is 2.70 bits per heavy atom. The molecular weight excluding hydrogens is 248 g/mol. The van der Waals surface area contributed by atoms with E-state index in [0.29, 0.717) is 12.0 Å². The monoisotopic (exact) mass is 274 g/mol. The number of para-hydroxylation sites is 1. The fourth-order valence-electron chi connectivity index (χ4n) is 3.42. The Morgan fingerprint density at radius 2 is 1.95 bits per heavy atom. The van der Waals surface area contributed by atoms with E-state index in [1.165, 1.54) is 44.2 Å². The molecule has 3 heteroatoms. The van der Waals surface area contributed by atoms with E-state index >= 15 is 0 Å². The Morgan fingerprint density at radius 1 is 1.15 bits per heavy atom. The minimum atomic E-state index is 0.437. The normalized spacial score (nSPS) is 24.4. The van der Waals surface area contributed by atoms with E-state index in [2.05, 4.69) is 29.2 Å². The van der Waals surface area contributed by atoms with Gasteiger partial charge in [0.15, 0.2) is 0 Å². The zero-order valence-corrected chi connectivity index (χ0v) is 12.3. The zero-order chi connectivity index (χ0) is 13.8. The van der Waals surface area contributed by atoms with Crippen LogP contribution in [0.1, 0.15) is 37.7 Å². The first-order chi connectivity index (χ1) is 9.85. The Bertz CT molecular complexity index is 429. The van der Waals surface area contributed by atoms with Crippen molar-refractivity contribution in [3.63, 3.8) is 0 Å². The molecule has 1 aromatic carbocycles. The van der Waals surface area contributed by atoms with Gasteiger partial charge in [0.25, 0.3) is 0 Å². The van der Waals surface area contributed by atoms with Crippen molar-refractivity contribution in [3.05, 3.63) is 29.8 Å². The quantitative estimate of drug-likeness (QED) is 0.897. The molecule has 1 aliphatic heterocycles. The lowest BCUT2D eigenvalue weighted by molar-refractivity contribution is 0.204. The third-order valence-corrected chi connectivity index (χ3v) is 4.67. The standard InChI is InChI=1S/C17H26N2O/c18-11-14-9-10-19(12-14)13-15-5-1-4-8-17(15)20-16-6-2-3-7-16/h1,4-5,8,14,16H,2-3,6-7,9-13,18H2/t14-/m1/s1. The van der Waals surface area contributed by atoms with Crippen LogP contribution in [0.4, 0.5) is 0 Å². The van der Waals surface area contributed by atoms with Crippen molar-refractivity contribution >= 4 is 0 Å². The smallest absolute Gasteiger partial charge is 0.124 e. The van der Waals surface area contributed by atoms with Crippen molar-refractivity contribution in [2.24, 2.45) is 11.7 Å². The number of hydrogen-bond donors (Lipinski definition) is 1. The number of ether oxygens (including phenoxy) is 1. The minimum absolute atomic E-state index is 0.437. The van der Waals surface area contributed by atoms with E-state index in [1.54, 1.807) is 0 Å². The molecule has 20 heavy (non-hydrogen) atoms. The molecule has 0 aromatic heterocycles. The van der Waals surface area contributed by atoms with Crippen LogP contribution in [0.2, 0.25) is 0 Å². The van der Waals surface area contributed by atoms with Crippen LogP contribution in [0.3, 0.4) is 0 Å². The van der Waals surface area contributed by atoms with Gasteiger partial charge >= 0.3 is 0 Å². The van der Waals surface area contributed by atoms with Crippen LogP contribution in [0.5, 0.6) is 5.75 Å². The lowest BCUT2D eigenvalue weighted by Gasteiger charge is -2.20.